The van der Waals surface area contributed by atoms with Gasteiger partial charge in [-0.25, -0.2) is 14.4 Å². The van der Waals surface area contributed by atoms with E-state index in [-0.39, 0.29) is 36.5 Å². The Morgan fingerprint density at radius 3 is 0.762 bits per heavy atom. The summed E-state index contributed by atoms with van der Waals surface area (Å²) in [5.41, 5.74) is 35.9. The number of rotatable bonds is 15. The average molecular weight is 829 g/mol. The summed E-state index contributed by atoms with van der Waals surface area (Å²) in [4.78, 5) is 50.9. The zero-order valence-electron chi connectivity index (χ0n) is 33.6. The van der Waals surface area contributed by atoms with Crippen LogP contribution in [0.5, 0.6) is 0 Å². The topological polar surface area (TPSA) is 188 Å². The molecule has 7 aromatic rings. The molecule has 0 heterocycles. The summed E-state index contributed by atoms with van der Waals surface area (Å²) in [5.74, 6) is -2.43. The van der Waals surface area contributed by atoms with E-state index in [1.54, 1.807) is 72.8 Å². The average Bonchev–Trinajstić information content (AvgIpc) is 3.34. The van der Waals surface area contributed by atoms with Gasteiger partial charge in [0, 0.05) is 0 Å². The first-order valence-corrected chi connectivity index (χ1v) is 19.6. The van der Waals surface area contributed by atoms with Crippen molar-refractivity contribution in [2.45, 2.75) is 19.8 Å². The zero-order valence-corrected chi connectivity index (χ0v) is 33.6. The third-order valence-electron chi connectivity index (χ3n) is 9.87. The highest BCUT2D eigenvalue weighted by molar-refractivity contribution is 6.10. The predicted octanol–water partition coefficient (Wildman–Crippen LogP) is 8.96. The molecule has 0 aliphatic heterocycles. The molecule has 0 amide bonds. The minimum Gasteiger partial charge on any atom is -0.457 e. The number of benzene rings is 7. The lowest BCUT2D eigenvalue weighted by Gasteiger charge is -2.11. The Bertz CT molecular complexity index is 2590. The van der Waals surface area contributed by atoms with Crippen LogP contribution in [0.25, 0.3) is 16.6 Å². The lowest BCUT2D eigenvalue weighted by Crippen LogP contribution is -2.13. The van der Waals surface area contributed by atoms with Crippen molar-refractivity contribution in [2.24, 2.45) is 0 Å². The van der Waals surface area contributed by atoms with Crippen molar-refractivity contribution < 1.29 is 43.0 Å². The SMILES string of the molecule is [N-]=[N+]=C(c1ccccc1)c1ccc(COC(=O)c2cc(C(=O)OCc3ccc(C(=[N+]=[N-])c4ccccc4)cc3)cc(C(=O)OCc3ccc(C(=[N+]=[N-])c4ccccc4)cc3)c2)cc1. The second-order valence-electron chi connectivity index (χ2n) is 14.1. The van der Waals surface area contributed by atoms with Gasteiger partial charge in [-0.1, -0.05) is 91.0 Å². The summed E-state index contributed by atoms with van der Waals surface area (Å²) in [7, 11) is 0. The number of hydrogen-bond donors (Lipinski definition) is 0. The number of hydrogen-bond acceptors (Lipinski definition) is 6. The van der Waals surface area contributed by atoms with Gasteiger partial charge in [-0.15, -0.1) is 0 Å². The fourth-order valence-electron chi connectivity index (χ4n) is 6.59. The van der Waals surface area contributed by atoms with Crippen LogP contribution < -0.4 is 0 Å². The molecule has 0 spiro atoms. The number of ether oxygens (including phenoxy) is 3. The first kappa shape index (κ1) is 42.2. The first-order chi connectivity index (χ1) is 30.8. The van der Waals surface area contributed by atoms with Crippen LogP contribution >= 0.6 is 0 Å². The minimum absolute atomic E-state index is 0.0889. The minimum atomic E-state index is -0.810. The molecule has 12 nitrogen and oxygen atoms in total. The van der Waals surface area contributed by atoms with E-state index >= 15 is 0 Å². The molecular formula is C51H36N6O6. The summed E-state index contributed by atoms with van der Waals surface area (Å²) in [6.07, 6.45) is 0. The molecule has 0 saturated carbocycles. The van der Waals surface area contributed by atoms with E-state index in [4.69, 9.17) is 14.2 Å². The van der Waals surface area contributed by atoms with Crippen LogP contribution in [-0.2, 0) is 34.0 Å². The van der Waals surface area contributed by atoms with E-state index in [2.05, 4.69) is 14.4 Å². The second-order valence-corrected chi connectivity index (χ2v) is 14.1. The van der Waals surface area contributed by atoms with Crippen LogP contribution in [-0.4, -0.2) is 49.4 Å². The summed E-state index contributed by atoms with van der Waals surface area (Å²) in [6.45, 7) is -0.427. The highest BCUT2D eigenvalue weighted by atomic mass is 16.5. The van der Waals surface area contributed by atoms with Crippen LogP contribution in [0, 0.1) is 0 Å². The molecular weight excluding hydrogens is 793 g/mol. The van der Waals surface area contributed by atoms with Gasteiger partial charge in [-0.2, -0.15) is 14.4 Å². The highest BCUT2D eigenvalue weighted by Crippen LogP contribution is 2.19. The summed E-state index contributed by atoms with van der Waals surface area (Å²) < 4.78 is 16.9. The van der Waals surface area contributed by atoms with E-state index in [1.165, 1.54) is 18.2 Å². The lowest BCUT2D eigenvalue weighted by molar-refractivity contribution is -0.00323. The van der Waals surface area contributed by atoms with Gasteiger partial charge in [-0.3, -0.25) is 0 Å². The molecule has 0 aliphatic carbocycles. The molecule has 12 heteroatoms. The molecule has 0 N–H and O–H groups in total. The Hall–Kier alpha value is -8.91. The second kappa shape index (κ2) is 20.4. The standard InChI is InChI=1S/C51H36N6O6/c52-55-46(37-10-4-1-5-11-37)40-22-16-34(17-23-40)31-61-49(58)43-28-44(50(59)62-32-35-18-24-41(25-19-35)47(56-53)38-12-6-2-7-13-38)30-45(29-43)51(60)63-33-36-20-26-42(27-21-36)48(57-54)39-14-8-3-9-15-39/h1-30H,31-33H2. The molecule has 0 aliphatic rings. The van der Waals surface area contributed by atoms with Crippen molar-refractivity contribution >= 4 is 35.0 Å². The van der Waals surface area contributed by atoms with Crippen molar-refractivity contribution in [3.05, 3.63) is 265 Å². The fraction of sp³-hybridized carbons (Fsp3) is 0.0588. The quantitative estimate of drug-likeness (QED) is 0.0326. The van der Waals surface area contributed by atoms with Crippen LogP contribution in [0.15, 0.2) is 182 Å². The van der Waals surface area contributed by atoms with Crippen molar-refractivity contribution in [3.8, 4) is 0 Å². The highest BCUT2D eigenvalue weighted by Gasteiger charge is 2.21. The molecule has 63 heavy (non-hydrogen) atoms. The molecule has 0 atom stereocenters. The molecule has 0 bridgehead atoms. The van der Waals surface area contributed by atoms with Crippen molar-refractivity contribution in [1.82, 2.24) is 0 Å². The number of nitrogens with zero attached hydrogens (tertiary/aromatic N) is 6. The fourth-order valence-corrected chi connectivity index (χ4v) is 6.59. The van der Waals surface area contributed by atoms with E-state index in [9.17, 15) is 31.0 Å². The largest absolute Gasteiger partial charge is 0.457 e. The Labute approximate surface area is 362 Å². The molecule has 7 aromatic carbocycles. The lowest BCUT2D eigenvalue weighted by atomic mass is 10.0. The van der Waals surface area contributed by atoms with Gasteiger partial charge in [0.05, 0.1) is 50.1 Å². The Balaban J connectivity index is 1.06. The molecule has 0 fully saturated rings. The smallest absolute Gasteiger partial charge is 0.338 e. The van der Waals surface area contributed by atoms with Crippen LogP contribution in [0.2, 0.25) is 0 Å². The van der Waals surface area contributed by atoms with Gasteiger partial charge in [0.15, 0.2) is 0 Å². The Morgan fingerprint density at radius 2 is 0.540 bits per heavy atom. The zero-order chi connectivity index (χ0) is 44.0. The van der Waals surface area contributed by atoms with Crippen molar-refractivity contribution in [1.29, 1.82) is 0 Å². The number of carbonyl (C=O) groups is 3. The summed E-state index contributed by atoms with van der Waals surface area (Å²) in [5, 5.41) is 0. The maximum atomic E-state index is 13.5. The maximum absolute atomic E-state index is 13.5. The third kappa shape index (κ3) is 10.6. The van der Waals surface area contributed by atoms with Crippen LogP contribution in [0.1, 0.15) is 81.1 Å². The monoisotopic (exact) mass is 828 g/mol. The number of carbonyl (C=O) groups excluding carboxylic acids is 3. The van der Waals surface area contributed by atoms with Crippen LogP contribution in [0.3, 0.4) is 0 Å². The molecule has 0 radical (unpaired) electrons. The van der Waals surface area contributed by atoms with Crippen molar-refractivity contribution in [2.75, 3.05) is 0 Å². The van der Waals surface area contributed by atoms with Gasteiger partial charge in [0.25, 0.3) is 0 Å². The van der Waals surface area contributed by atoms with E-state index in [0.717, 1.165) is 16.7 Å². The summed E-state index contributed by atoms with van der Waals surface area (Å²) >= 11 is 0. The van der Waals surface area contributed by atoms with Gasteiger partial charge < -0.3 is 30.8 Å². The molecule has 306 valence electrons. The Morgan fingerprint density at radius 1 is 0.317 bits per heavy atom. The van der Waals surface area contributed by atoms with E-state index in [1.807, 2.05) is 91.0 Å². The molecule has 7 rings (SSSR count). The number of esters is 3. The molecule has 0 saturated heterocycles. The normalized spacial score (nSPS) is 10.3. The third-order valence-corrected chi connectivity index (χ3v) is 9.87. The van der Waals surface area contributed by atoms with Gasteiger partial charge >= 0.3 is 35.0 Å². The van der Waals surface area contributed by atoms with Crippen molar-refractivity contribution in [3.63, 3.8) is 0 Å². The molecule has 0 aromatic heterocycles. The molecule has 0 unspecified atom stereocenters. The van der Waals surface area contributed by atoms with E-state index in [0.29, 0.717) is 50.5 Å². The predicted molar refractivity (Wildman–Crippen MR) is 233 cm³/mol. The Kier molecular flexibility index (Phi) is 13.7. The van der Waals surface area contributed by atoms with Gasteiger partial charge in [0.2, 0.25) is 0 Å². The summed E-state index contributed by atoms with van der Waals surface area (Å²) in [6, 6.07) is 52.1. The maximum Gasteiger partial charge on any atom is 0.338 e. The van der Waals surface area contributed by atoms with E-state index < -0.39 is 17.9 Å². The van der Waals surface area contributed by atoms with Gasteiger partial charge in [-0.05, 0) is 108 Å². The van der Waals surface area contributed by atoms with Crippen LogP contribution in [0.4, 0.5) is 0 Å². The van der Waals surface area contributed by atoms with Gasteiger partial charge in [0.1, 0.15) is 19.8 Å². The first-order valence-electron chi connectivity index (χ1n) is 19.6.